The van der Waals surface area contributed by atoms with Crippen LogP contribution in [0, 0.1) is 23.5 Å². The summed E-state index contributed by atoms with van der Waals surface area (Å²) in [6.07, 6.45) is 3.56. The molecule has 118 valence electrons. The Bertz CT molecular complexity index is 456. The van der Waals surface area contributed by atoms with Gasteiger partial charge in [-0.3, -0.25) is 0 Å². The number of likely N-dealkylation sites (N-methyl/N-ethyl adjacent to an activating group) is 1. The Hall–Kier alpha value is -1.00. The van der Waals surface area contributed by atoms with Crippen molar-refractivity contribution in [2.24, 2.45) is 11.8 Å². The quantitative estimate of drug-likeness (QED) is 0.884. The largest absolute Gasteiger partial charge is 0.376 e. The molecule has 0 aromatic heterocycles. The van der Waals surface area contributed by atoms with Gasteiger partial charge in [-0.2, -0.15) is 0 Å². The van der Waals surface area contributed by atoms with Crippen molar-refractivity contribution in [1.82, 2.24) is 5.32 Å². The third-order valence-electron chi connectivity index (χ3n) is 4.34. The van der Waals surface area contributed by atoms with Gasteiger partial charge in [0.2, 0.25) is 0 Å². The first-order chi connectivity index (χ1) is 10.0. The second kappa shape index (κ2) is 7.32. The molecule has 0 bridgehead atoms. The van der Waals surface area contributed by atoms with E-state index in [4.69, 9.17) is 4.74 Å². The van der Waals surface area contributed by atoms with Gasteiger partial charge in [0.25, 0.3) is 0 Å². The first-order valence-electron chi connectivity index (χ1n) is 7.74. The SMILES string of the molecule is CNC(COC1CC(C)CC(C)C1)c1cccc(F)c1F. The van der Waals surface area contributed by atoms with E-state index < -0.39 is 11.6 Å². The number of benzene rings is 1. The fourth-order valence-corrected chi connectivity index (χ4v) is 3.36. The van der Waals surface area contributed by atoms with Gasteiger partial charge in [-0.15, -0.1) is 0 Å². The average Bonchev–Trinajstić information content (AvgIpc) is 2.43. The van der Waals surface area contributed by atoms with E-state index in [-0.39, 0.29) is 12.1 Å². The Morgan fingerprint density at radius 1 is 1.19 bits per heavy atom. The molecular weight excluding hydrogens is 272 g/mol. The van der Waals surface area contributed by atoms with Crippen LogP contribution in [0.1, 0.15) is 44.7 Å². The summed E-state index contributed by atoms with van der Waals surface area (Å²) in [5, 5.41) is 3.02. The Morgan fingerprint density at radius 3 is 2.48 bits per heavy atom. The summed E-state index contributed by atoms with van der Waals surface area (Å²) >= 11 is 0. The van der Waals surface area contributed by atoms with Gasteiger partial charge < -0.3 is 10.1 Å². The Morgan fingerprint density at radius 2 is 1.86 bits per heavy atom. The molecule has 1 aliphatic rings. The summed E-state index contributed by atoms with van der Waals surface area (Å²) in [4.78, 5) is 0. The Balaban J connectivity index is 1.98. The van der Waals surface area contributed by atoms with Gasteiger partial charge in [-0.25, -0.2) is 8.78 Å². The summed E-state index contributed by atoms with van der Waals surface area (Å²) < 4.78 is 33.2. The van der Waals surface area contributed by atoms with Crippen LogP contribution >= 0.6 is 0 Å². The standard InChI is InChI=1S/C17H25F2NO/c1-11-7-12(2)9-13(8-11)21-10-16(20-3)14-5-4-6-15(18)17(14)19/h4-6,11-13,16,20H,7-10H2,1-3H3. The molecule has 0 spiro atoms. The fourth-order valence-electron chi connectivity index (χ4n) is 3.36. The van der Waals surface area contributed by atoms with Crippen molar-refractivity contribution in [1.29, 1.82) is 0 Å². The smallest absolute Gasteiger partial charge is 0.163 e. The van der Waals surface area contributed by atoms with Crippen LogP contribution in [0.2, 0.25) is 0 Å². The van der Waals surface area contributed by atoms with E-state index in [1.807, 2.05) is 0 Å². The van der Waals surface area contributed by atoms with Gasteiger partial charge in [-0.05, 0) is 44.2 Å². The summed E-state index contributed by atoms with van der Waals surface area (Å²) in [7, 11) is 1.74. The minimum Gasteiger partial charge on any atom is -0.376 e. The molecule has 21 heavy (non-hydrogen) atoms. The number of hydrogen-bond acceptors (Lipinski definition) is 2. The van der Waals surface area contributed by atoms with Crippen LogP contribution in [-0.4, -0.2) is 19.8 Å². The zero-order valence-electron chi connectivity index (χ0n) is 13.0. The minimum absolute atomic E-state index is 0.219. The molecule has 2 rings (SSSR count). The lowest BCUT2D eigenvalue weighted by Crippen LogP contribution is -2.30. The maximum atomic E-state index is 13.9. The molecule has 0 radical (unpaired) electrons. The third kappa shape index (κ3) is 4.24. The summed E-state index contributed by atoms with van der Waals surface area (Å²) in [5.74, 6) is -0.270. The van der Waals surface area contributed by atoms with E-state index in [9.17, 15) is 8.78 Å². The molecule has 1 aromatic carbocycles. The number of rotatable bonds is 5. The second-order valence-corrected chi connectivity index (χ2v) is 6.36. The van der Waals surface area contributed by atoms with Crippen LogP contribution < -0.4 is 5.32 Å². The molecule has 0 saturated heterocycles. The van der Waals surface area contributed by atoms with Crippen LogP contribution in [0.25, 0.3) is 0 Å². The van der Waals surface area contributed by atoms with Crippen molar-refractivity contribution < 1.29 is 13.5 Å². The fraction of sp³-hybridized carbons (Fsp3) is 0.647. The molecule has 1 aromatic rings. The zero-order valence-corrected chi connectivity index (χ0v) is 13.0. The molecule has 1 saturated carbocycles. The van der Waals surface area contributed by atoms with E-state index in [0.717, 1.165) is 18.9 Å². The summed E-state index contributed by atoms with van der Waals surface area (Å²) in [6, 6.07) is 3.95. The number of hydrogen-bond donors (Lipinski definition) is 1. The van der Waals surface area contributed by atoms with Gasteiger partial charge in [0.1, 0.15) is 0 Å². The molecule has 1 aliphatic carbocycles. The van der Waals surface area contributed by atoms with E-state index in [1.54, 1.807) is 13.1 Å². The zero-order chi connectivity index (χ0) is 15.4. The summed E-state index contributed by atoms with van der Waals surface area (Å²) in [5.41, 5.74) is 0.328. The lowest BCUT2D eigenvalue weighted by Gasteiger charge is -2.32. The highest BCUT2D eigenvalue weighted by Gasteiger charge is 2.26. The number of nitrogens with one attached hydrogen (secondary N) is 1. The van der Waals surface area contributed by atoms with E-state index in [1.165, 1.54) is 12.5 Å². The van der Waals surface area contributed by atoms with Crippen molar-refractivity contribution >= 4 is 0 Å². The average molecular weight is 297 g/mol. The summed E-state index contributed by atoms with van der Waals surface area (Å²) in [6.45, 7) is 4.85. The van der Waals surface area contributed by atoms with Crippen molar-refractivity contribution in [3.8, 4) is 0 Å². The predicted molar refractivity (Wildman–Crippen MR) is 80.1 cm³/mol. The van der Waals surface area contributed by atoms with E-state index >= 15 is 0 Å². The van der Waals surface area contributed by atoms with Crippen LogP contribution in [0.5, 0.6) is 0 Å². The van der Waals surface area contributed by atoms with Crippen molar-refractivity contribution in [3.63, 3.8) is 0 Å². The maximum absolute atomic E-state index is 13.9. The first-order valence-corrected chi connectivity index (χ1v) is 7.74. The first kappa shape index (κ1) is 16.4. The maximum Gasteiger partial charge on any atom is 0.163 e. The second-order valence-electron chi connectivity index (χ2n) is 6.36. The normalized spacial score (nSPS) is 27.6. The highest BCUT2D eigenvalue weighted by molar-refractivity contribution is 5.22. The Kier molecular flexibility index (Phi) is 5.71. The lowest BCUT2D eigenvalue weighted by molar-refractivity contribution is -0.00886. The van der Waals surface area contributed by atoms with Gasteiger partial charge in [-0.1, -0.05) is 26.0 Å². The Labute approximate surface area is 125 Å². The van der Waals surface area contributed by atoms with Crippen LogP contribution in [0.3, 0.4) is 0 Å². The van der Waals surface area contributed by atoms with E-state index in [2.05, 4.69) is 19.2 Å². The van der Waals surface area contributed by atoms with Crippen LogP contribution in [0.15, 0.2) is 18.2 Å². The van der Waals surface area contributed by atoms with Crippen LogP contribution in [-0.2, 0) is 4.74 Å². The molecule has 2 nitrogen and oxygen atoms in total. The van der Waals surface area contributed by atoms with Crippen molar-refractivity contribution in [2.45, 2.75) is 45.3 Å². The van der Waals surface area contributed by atoms with E-state index in [0.29, 0.717) is 24.0 Å². The predicted octanol–water partition coefficient (Wildman–Crippen LogP) is 4.07. The number of ether oxygens (including phenoxy) is 1. The molecule has 3 unspecified atom stereocenters. The number of halogens is 2. The van der Waals surface area contributed by atoms with Gasteiger partial charge in [0.05, 0.1) is 18.8 Å². The molecule has 3 atom stereocenters. The lowest BCUT2D eigenvalue weighted by atomic mass is 9.82. The minimum atomic E-state index is -0.812. The molecule has 4 heteroatoms. The highest BCUT2D eigenvalue weighted by Crippen LogP contribution is 2.31. The van der Waals surface area contributed by atoms with Gasteiger partial charge in [0.15, 0.2) is 11.6 Å². The monoisotopic (exact) mass is 297 g/mol. The van der Waals surface area contributed by atoms with Crippen molar-refractivity contribution in [2.75, 3.05) is 13.7 Å². The molecule has 0 aliphatic heterocycles. The molecule has 1 fully saturated rings. The van der Waals surface area contributed by atoms with Crippen molar-refractivity contribution in [3.05, 3.63) is 35.4 Å². The molecule has 0 amide bonds. The molecular formula is C17H25F2NO. The van der Waals surface area contributed by atoms with Gasteiger partial charge >= 0.3 is 0 Å². The van der Waals surface area contributed by atoms with Crippen LogP contribution in [0.4, 0.5) is 8.78 Å². The molecule has 0 heterocycles. The third-order valence-corrected chi connectivity index (χ3v) is 4.34. The van der Waals surface area contributed by atoms with Gasteiger partial charge in [0, 0.05) is 5.56 Å². The molecule has 1 N–H and O–H groups in total. The highest BCUT2D eigenvalue weighted by atomic mass is 19.2. The topological polar surface area (TPSA) is 21.3 Å².